The van der Waals surface area contributed by atoms with Gasteiger partial charge in [0.15, 0.2) is 0 Å². The minimum atomic E-state index is -4.22. The molecule has 3 rings (SSSR count). The second-order valence-corrected chi connectivity index (χ2v) is 7.92. The first kappa shape index (κ1) is 21.7. The van der Waals surface area contributed by atoms with Gasteiger partial charge >= 0.3 is 0 Å². The number of halogens is 1. The number of nitrogens with zero attached hydrogens (tertiary/aromatic N) is 1. The van der Waals surface area contributed by atoms with Gasteiger partial charge in [-0.05, 0) is 48.5 Å². The number of non-ortho nitro benzene ring substituents is 1. The van der Waals surface area contributed by atoms with Gasteiger partial charge in [0, 0.05) is 23.4 Å². The van der Waals surface area contributed by atoms with Crippen molar-refractivity contribution in [2.45, 2.75) is 4.90 Å². The Labute approximate surface area is 176 Å². The van der Waals surface area contributed by atoms with Crippen LogP contribution in [-0.2, 0) is 10.0 Å². The Morgan fingerprint density at radius 3 is 2.42 bits per heavy atom. The molecule has 3 aromatic carbocycles. The summed E-state index contributed by atoms with van der Waals surface area (Å²) in [6, 6.07) is 13.7. The minimum absolute atomic E-state index is 0.0410. The van der Waals surface area contributed by atoms with Crippen molar-refractivity contribution in [3.8, 4) is 5.75 Å². The molecule has 11 heteroatoms. The van der Waals surface area contributed by atoms with E-state index in [1.807, 2.05) is 0 Å². The van der Waals surface area contributed by atoms with E-state index < -0.39 is 26.7 Å². The predicted molar refractivity (Wildman–Crippen MR) is 111 cm³/mol. The summed E-state index contributed by atoms with van der Waals surface area (Å²) in [5.41, 5.74) is 0.0193. The van der Waals surface area contributed by atoms with Gasteiger partial charge in [0.05, 0.1) is 22.6 Å². The third-order valence-corrected chi connectivity index (χ3v) is 5.51. The molecule has 0 aliphatic heterocycles. The van der Waals surface area contributed by atoms with E-state index in [1.165, 1.54) is 67.8 Å². The lowest BCUT2D eigenvalue weighted by atomic mass is 10.1. The fourth-order valence-corrected chi connectivity index (χ4v) is 3.73. The number of carbonyl (C=O) groups excluding carboxylic acids is 1. The monoisotopic (exact) mass is 445 g/mol. The largest absolute Gasteiger partial charge is 0.495 e. The van der Waals surface area contributed by atoms with Gasteiger partial charge in [-0.15, -0.1) is 0 Å². The Balaban J connectivity index is 1.90. The van der Waals surface area contributed by atoms with Crippen LogP contribution in [0.4, 0.5) is 21.5 Å². The standard InChI is InChI=1S/C20H16FN3O6S/c1-30-19-10-5-13(20(25)22-15-8-6-14(21)7-9-15)11-18(19)23-31(28,29)17-4-2-3-16(12-17)24(26)27/h2-12,23H,1H3,(H,22,25). The molecule has 0 radical (unpaired) electrons. The molecule has 1 amide bonds. The number of nitrogens with one attached hydrogen (secondary N) is 2. The molecule has 0 fully saturated rings. The first-order valence-corrected chi connectivity index (χ1v) is 10.2. The van der Waals surface area contributed by atoms with Crippen molar-refractivity contribution in [2.75, 3.05) is 17.1 Å². The van der Waals surface area contributed by atoms with Gasteiger partial charge in [-0.3, -0.25) is 19.6 Å². The van der Waals surface area contributed by atoms with E-state index in [0.29, 0.717) is 5.69 Å². The normalized spacial score (nSPS) is 10.9. The zero-order valence-corrected chi connectivity index (χ0v) is 16.9. The van der Waals surface area contributed by atoms with Crippen molar-refractivity contribution in [1.82, 2.24) is 0 Å². The maximum atomic E-state index is 13.0. The Bertz CT molecular complexity index is 1250. The smallest absolute Gasteiger partial charge is 0.270 e. The molecule has 3 aromatic rings. The average molecular weight is 445 g/mol. The highest BCUT2D eigenvalue weighted by molar-refractivity contribution is 7.92. The minimum Gasteiger partial charge on any atom is -0.495 e. The van der Waals surface area contributed by atoms with Crippen LogP contribution in [0, 0.1) is 15.9 Å². The van der Waals surface area contributed by atoms with Gasteiger partial charge in [0.25, 0.3) is 21.6 Å². The van der Waals surface area contributed by atoms with Gasteiger partial charge in [0.1, 0.15) is 11.6 Å². The molecule has 0 heterocycles. The van der Waals surface area contributed by atoms with Crippen LogP contribution in [0.3, 0.4) is 0 Å². The number of benzene rings is 3. The molecular formula is C20H16FN3O6S. The number of hydrogen-bond donors (Lipinski definition) is 2. The molecule has 0 saturated carbocycles. The number of carbonyl (C=O) groups is 1. The average Bonchev–Trinajstić information content (AvgIpc) is 2.75. The highest BCUT2D eigenvalue weighted by atomic mass is 32.2. The maximum absolute atomic E-state index is 13.0. The zero-order valence-electron chi connectivity index (χ0n) is 16.0. The number of hydrogen-bond acceptors (Lipinski definition) is 6. The zero-order chi connectivity index (χ0) is 22.6. The third-order valence-electron chi connectivity index (χ3n) is 4.15. The summed E-state index contributed by atoms with van der Waals surface area (Å²) in [7, 11) is -2.90. The van der Waals surface area contributed by atoms with E-state index in [2.05, 4.69) is 10.0 Å². The number of amides is 1. The lowest BCUT2D eigenvalue weighted by Gasteiger charge is -2.13. The van der Waals surface area contributed by atoms with Crippen LogP contribution in [0.5, 0.6) is 5.75 Å². The number of rotatable bonds is 7. The second-order valence-electron chi connectivity index (χ2n) is 6.24. The number of nitro benzene ring substituents is 1. The summed E-state index contributed by atoms with van der Waals surface area (Å²) in [6.45, 7) is 0. The highest BCUT2D eigenvalue weighted by Crippen LogP contribution is 2.29. The lowest BCUT2D eigenvalue weighted by Crippen LogP contribution is -2.16. The first-order valence-electron chi connectivity index (χ1n) is 8.72. The molecule has 9 nitrogen and oxygen atoms in total. The Kier molecular flexibility index (Phi) is 6.16. The molecule has 0 bridgehead atoms. The maximum Gasteiger partial charge on any atom is 0.270 e. The Morgan fingerprint density at radius 2 is 1.77 bits per heavy atom. The van der Waals surface area contributed by atoms with Crippen LogP contribution in [0.25, 0.3) is 0 Å². The topological polar surface area (TPSA) is 128 Å². The summed E-state index contributed by atoms with van der Waals surface area (Å²) >= 11 is 0. The molecule has 2 N–H and O–H groups in total. The number of ether oxygens (including phenoxy) is 1. The van der Waals surface area contributed by atoms with Crippen LogP contribution < -0.4 is 14.8 Å². The molecule has 0 aliphatic carbocycles. The summed E-state index contributed by atoms with van der Waals surface area (Å²) in [5, 5.41) is 13.5. The molecule has 160 valence electrons. The van der Waals surface area contributed by atoms with E-state index in [9.17, 15) is 27.7 Å². The molecular weight excluding hydrogens is 429 g/mol. The van der Waals surface area contributed by atoms with Gasteiger partial charge < -0.3 is 10.1 Å². The van der Waals surface area contributed by atoms with Gasteiger partial charge in [-0.1, -0.05) is 6.07 Å². The fourth-order valence-electron chi connectivity index (χ4n) is 2.63. The quantitative estimate of drug-likeness (QED) is 0.421. The van der Waals surface area contributed by atoms with Crippen molar-refractivity contribution in [1.29, 1.82) is 0 Å². The molecule has 0 unspecified atom stereocenters. The molecule has 31 heavy (non-hydrogen) atoms. The van der Waals surface area contributed by atoms with Crippen LogP contribution in [-0.4, -0.2) is 26.4 Å². The van der Waals surface area contributed by atoms with Crippen LogP contribution >= 0.6 is 0 Å². The van der Waals surface area contributed by atoms with Crippen LogP contribution in [0.15, 0.2) is 71.6 Å². The van der Waals surface area contributed by atoms with E-state index in [4.69, 9.17) is 4.74 Å². The number of anilines is 2. The molecule has 0 saturated heterocycles. The van der Waals surface area contributed by atoms with Gasteiger partial charge in [-0.25, -0.2) is 12.8 Å². The third kappa shape index (κ3) is 5.14. The second kappa shape index (κ2) is 8.79. The molecule has 0 aliphatic rings. The van der Waals surface area contributed by atoms with Crippen molar-refractivity contribution < 1.29 is 27.3 Å². The first-order chi connectivity index (χ1) is 14.7. The van der Waals surface area contributed by atoms with Crippen molar-refractivity contribution in [3.63, 3.8) is 0 Å². The van der Waals surface area contributed by atoms with E-state index in [1.54, 1.807) is 0 Å². The number of nitro groups is 1. The fraction of sp³-hybridized carbons (Fsp3) is 0.0500. The van der Waals surface area contributed by atoms with Gasteiger partial charge in [0.2, 0.25) is 0 Å². The predicted octanol–water partition coefficient (Wildman–Crippen LogP) is 3.80. The number of methoxy groups -OCH3 is 1. The van der Waals surface area contributed by atoms with Crippen molar-refractivity contribution >= 4 is 33.0 Å². The summed E-state index contributed by atoms with van der Waals surface area (Å²) in [5.74, 6) is -0.891. The highest BCUT2D eigenvalue weighted by Gasteiger charge is 2.20. The Morgan fingerprint density at radius 1 is 1.06 bits per heavy atom. The molecule has 0 aromatic heterocycles. The summed E-state index contributed by atoms with van der Waals surface area (Å²) in [4.78, 5) is 22.4. The van der Waals surface area contributed by atoms with Crippen LogP contribution in [0.2, 0.25) is 0 Å². The Hall–Kier alpha value is -3.99. The van der Waals surface area contributed by atoms with Crippen LogP contribution in [0.1, 0.15) is 10.4 Å². The SMILES string of the molecule is COc1ccc(C(=O)Nc2ccc(F)cc2)cc1NS(=O)(=O)c1cccc([N+](=O)[O-])c1. The van der Waals surface area contributed by atoms with E-state index in [-0.39, 0.29) is 27.6 Å². The lowest BCUT2D eigenvalue weighted by molar-refractivity contribution is -0.385. The van der Waals surface area contributed by atoms with E-state index in [0.717, 1.165) is 6.07 Å². The van der Waals surface area contributed by atoms with E-state index >= 15 is 0 Å². The molecule has 0 atom stereocenters. The van der Waals surface area contributed by atoms with Crippen molar-refractivity contribution in [3.05, 3.63) is 88.2 Å². The summed E-state index contributed by atoms with van der Waals surface area (Å²) in [6.07, 6.45) is 0. The van der Waals surface area contributed by atoms with Gasteiger partial charge in [-0.2, -0.15) is 0 Å². The van der Waals surface area contributed by atoms with Crippen molar-refractivity contribution in [2.24, 2.45) is 0 Å². The number of sulfonamides is 1. The summed E-state index contributed by atoms with van der Waals surface area (Å²) < 4.78 is 45.9. The molecule has 0 spiro atoms.